The number of carboxylic acid groups (broad SMARTS) is 1. The Hall–Kier alpha value is -2.75. The van der Waals surface area contributed by atoms with E-state index >= 15 is 0 Å². The van der Waals surface area contributed by atoms with Crippen LogP contribution in [0.1, 0.15) is 213 Å². The van der Waals surface area contributed by atoms with Crippen molar-refractivity contribution in [2.45, 2.75) is 397 Å². The molecule has 0 unspecified atom stereocenters. The van der Waals surface area contributed by atoms with E-state index in [2.05, 4.69) is 24.5 Å². The van der Waals surface area contributed by atoms with E-state index in [0.29, 0.717) is 12.8 Å². The molecule has 35 heteroatoms. The maximum Gasteiger partial charge on any atom is 0.364 e. The van der Waals surface area contributed by atoms with E-state index in [4.69, 9.17) is 47.4 Å². The van der Waals surface area contributed by atoms with Crippen LogP contribution in [0.15, 0.2) is 0 Å². The van der Waals surface area contributed by atoms with Crippen molar-refractivity contribution in [3.05, 3.63) is 0 Å². The summed E-state index contributed by atoms with van der Waals surface area (Å²) >= 11 is 0. The molecule has 5 aliphatic rings. The van der Waals surface area contributed by atoms with Gasteiger partial charge in [0.1, 0.15) is 128 Å². The van der Waals surface area contributed by atoms with Gasteiger partial charge in [-0.3, -0.25) is 9.59 Å². The van der Waals surface area contributed by atoms with E-state index in [-0.39, 0.29) is 12.8 Å². The van der Waals surface area contributed by atoms with Crippen LogP contribution in [0.25, 0.3) is 0 Å². The number of aliphatic hydroxyl groups is 19. The number of hydrogen-bond donors (Lipinski definition) is 22. The number of rotatable bonds is 54. The molecular formula is C72H132N2O33. The Morgan fingerprint density at radius 1 is 0.467 bits per heavy atom. The topological polar surface area (TPSA) is 572 Å². The second kappa shape index (κ2) is 49.8. The Kier molecular flexibility index (Phi) is 44.1. The lowest BCUT2D eigenvalue weighted by Gasteiger charge is -2.52. The van der Waals surface area contributed by atoms with Crippen LogP contribution < -0.4 is 10.6 Å². The van der Waals surface area contributed by atoms with Crippen molar-refractivity contribution in [1.82, 2.24) is 10.6 Å². The summed E-state index contributed by atoms with van der Waals surface area (Å²) in [6.07, 6.45) is -26.6. The number of unbranched alkanes of at least 4 members (excludes halogenated alkanes) is 25. The lowest BCUT2D eigenvalue weighted by molar-refractivity contribution is -0.393. The molecule has 5 aliphatic heterocycles. The van der Waals surface area contributed by atoms with Crippen LogP contribution >= 0.6 is 0 Å². The first kappa shape index (κ1) is 94.8. The first-order chi connectivity index (χ1) is 51.2. The number of amides is 2. The van der Waals surface area contributed by atoms with Crippen LogP contribution in [0.4, 0.5) is 0 Å². The Morgan fingerprint density at radius 2 is 0.907 bits per heavy atom. The number of nitrogens with one attached hydrogen (secondary N) is 2. The predicted octanol–water partition coefficient (Wildman–Crippen LogP) is -2.63. The Morgan fingerprint density at radius 3 is 1.38 bits per heavy atom. The van der Waals surface area contributed by atoms with E-state index < -0.39 is 247 Å². The van der Waals surface area contributed by atoms with E-state index in [9.17, 15) is 117 Å². The third-order valence-corrected chi connectivity index (χ3v) is 21.0. The molecule has 5 fully saturated rings. The standard InChI is InChI=1S/C72H132N2O33/c1-4-6-8-10-12-14-16-17-18-19-20-21-22-24-26-28-30-32-43(82)66(95)74-41(51(85)42(81)31-29-27-25-23-15-13-11-9-7-5-2)39-98-67-57(91)56(90)62(49(38-79)102-67)104-70-60(94)65(54(88)48(37-78)101-70)107-72(71(96)97)33-46(50(73-40(3)80)63(106-72)52(86)44(83)34-75)99-69-59(93)64(53(87)47(36-77)100-69)105-68-58(92)55(89)61(103-68)45(84)35-76/h41-65,67-70,75-79,81-94H,4-39H2,1-3H3,(H,73,80)(H,74,95)(H,96,97)/t41-,42+,43+,44+,45-,46-,47+,48+,49+,50+,51-,52+,53-,54-,55+,56+,57+,58+,59+,60+,61-,62+,63+,64-,65-,67+,68-,69-,70-,72-/m0/s1. The maximum atomic E-state index is 13.9. The number of ether oxygens (including phenoxy) is 10. The molecule has 0 spiro atoms. The molecule has 0 aromatic rings. The molecule has 0 aromatic heterocycles. The van der Waals surface area contributed by atoms with Crippen molar-refractivity contribution in [2.75, 3.05) is 39.6 Å². The summed E-state index contributed by atoms with van der Waals surface area (Å²) in [6, 6.07) is -3.37. The molecule has 30 atom stereocenters. The summed E-state index contributed by atoms with van der Waals surface area (Å²) in [5, 5.41) is 226. The van der Waals surface area contributed by atoms with Crippen molar-refractivity contribution in [3.63, 3.8) is 0 Å². The number of carbonyl (C=O) groups excluding carboxylic acids is 2. The highest BCUT2D eigenvalue weighted by atomic mass is 16.8. The molecule has 0 aromatic carbocycles. The van der Waals surface area contributed by atoms with Gasteiger partial charge in [0.15, 0.2) is 25.2 Å². The van der Waals surface area contributed by atoms with Gasteiger partial charge in [-0.2, -0.15) is 0 Å². The van der Waals surface area contributed by atoms with Gasteiger partial charge < -0.3 is 160 Å². The molecule has 35 nitrogen and oxygen atoms in total. The van der Waals surface area contributed by atoms with Crippen LogP contribution in [0, 0.1) is 0 Å². The van der Waals surface area contributed by atoms with Gasteiger partial charge in [0, 0.05) is 13.3 Å². The van der Waals surface area contributed by atoms with Gasteiger partial charge >= 0.3 is 5.97 Å². The molecule has 628 valence electrons. The fourth-order valence-corrected chi connectivity index (χ4v) is 14.4. The summed E-state index contributed by atoms with van der Waals surface area (Å²) in [6.45, 7) is -0.942. The zero-order valence-corrected chi connectivity index (χ0v) is 62.5. The second-order valence-electron chi connectivity index (χ2n) is 29.5. The van der Waals surface area contributed by atoms with Gasteiger partial charge in [0.25, 0.3) is 5.79 Å². The number of aliphatic carboxylic acids is 1. The number of hydrogen-bond acceptors (Lipinski definition) is 32. The minimum atomic E-state index is -3.43. The lowest BCUT2D eigenvalue weighted by atomic mass is 9.87. The highest BCUT2D eigenvalue weighted by Gasteiger charge is 2.62. The molecule has 5 saturated heterocycles. The molecule has 0 bridgehead atoms. The molecule has 107 heavy (non-hydrogen) atoms. The summed E-state index contributed by atoms with van der Waals surface area (Å²) < 4.78 is 58.2. The Labute approximate surface area is 626 Å². The lowest BCUT2D eigenvalue weighted by Crippen LogP contribution is -2.72. The average molecular weight is 1550 g/mol. The summed E-state index contributed by atoms with van der Waals surface area (Å²) in [4.78, 5) is 40.5. The molecule has 5 heterocycles. The molecule has 22 N–H and O–H groups in total. The molecule has 0 radical (unpaired) electrons. The third kappa shape index (κ3) is 28.6. The quantitative estimate of drug-likeness (QED) is 0.0277. The van der Waals surface area contributed by atoms with Crippen molar-refractivity contribution in [1.29, 1.82) is 0 Å². The first-order valence-corrected chi connectivity index (χ1v) is 39.1. The van der Waals surface area contributed by atoms with Crippen LogP contribution in [0.5, 0.6) is 0 Å². The van der Waals surface area contributed by atoms with Gasteiger partial charge in [-0.15, -0.1) is 0 Å². The van der Waals surface area contributed by atoms with Gasteiger partial charge in [-0.25, -0.2) is 4.79 Å². The first-order valence-electron chi connectivity index (χ1n) is 39.1. The van der Waals surface area contributed by atoms with E-state index in [1.807, 2.05) is 0 Å². The van der Waals surface area contributed by atoms with Gasteiger partial charge in [0.05, 0.1) is 63.9 Å². The van der Waals surface area contributed by atoms with E-state index in [0.717, 1.165) is 84.0 Å². The van der Waals surface area contributed by atoms with Crippen LogP contribution in [0.3, 0.4) is 0 Å². The summed E-state index contributed by atoms with van der Waals surface area (Å²) in [5.41, 5.74) is 0. The largest absolute Gasteiger partial charge is 0.477 e. The monoisotopic (exact) mass is 1550 g/mol. The molecule has 5 rings (SSSR count). The van der Waals surface area contributed by atoms with Gasteiger partial charge in [-0.05, 0) is 12.8 Å². The van der Waals surface area contributed by atoms with Crippen LogP contribution in [0.2, 0.25) is 0 Å². The molecule has 0 saturated carbocycles. The fraction of sp³-hybridized carbons (Fsp3) is 0.958. The Bertz CT molecular complexity index is 2420. The summed E-state index contributed by atoms with van der Waals surface area (Å²) in [7, 11) is 0. The van der Waals surface area contributed by atoms with Crippen LogP contribution in [-0.2, 0) is 61.8 Å². The molecule has 2 amide bonds. The van der Waals surface area contributed by atoms with E-state index in [1.165, 1.54) is 83.5 Å². The van der Waals surface area contributed by atoms with Crippen molar-refractivity contribution in [3.8, 4) is 0 Å². The minimum absolute atomic E-state index is 0.0868. The zero-order chi connectivity index (χ0) is 78.9. The zero-order valence-electron chi connectivity index (χ0n) is 62.5. The van der Waals surface area contributed by atoms with Gasteiger partial charge in [-0.1, -0.05) is 187 Å². The third-order valence-electron chi connectivity index (χ3n) is 21.0. The number of aliphatic hydroxyl groups excluding tert-OH is 19. The highest BCUT2D eigenvalue weighted by molar-refractivity contribution is 5.80. The molecule has 0 aliphatic carbocycles. The second-order valence-corrected chi connectivity index (χ2v) is 29.5. The smallest absolute Gasteiger partial charge is 0.364 e. The summed E-state index contributed by atoms with van der Waals surface area (Å²) in [5.74, 6) is -7.46. The van der Waals surface area contributed by atoms with Gasteiger partial charge in [0.2, 0.25) is 11.8 Å². The minimum Gasteiger partial charge on any atom is -0.477 e. The maximum absolute atomic E-state index is 13.9. The average Bonchev–Trinajstić information content (AvgIpc) is 1.32. The Balaban J connectivity index is 1.30. The van der Waals surface area contributed by atoms with E-state index in [1.54, 1.807) is 0 Å². The molecular weight excluding hydrogens is 1420 g/mol. The fourth-order valence-electron chi connectivity index (χ4n) is 14.4. The SMILES string of the molecule is CCCCCCCCCCCCCCCCCCC[C@@H](O)C(=O)N[C@@H](CO[C@@H]1O[C@H](CO)[C@@H](O[C@@H]2O[C@H](CO)[C@H](O)[C@H](O[C@]3(C(=O)O)C[C@H](O[C@H]4O[C@H](CO)[C@H](O)[C@H](O[C@@H]5O[C@@H]([C@@H](O)CO)[C@H](O)[C@H]5O)[C@H]4O)[C@@H](NC(C)=O)[C@H]([C@H](O)[C@H](O)CO)O3)[C@H]2O)[C@H](O)[C@H]1O)[C@H](O)[C@H](O)CCCCCCCCCCCC. The van der Waals surface area contributed by atoms with Crippen molar-refractivity contribution < 1.29 is 164 Å². The van der Waals surface area contributed by atoms with Crippen LogP contribution in [-0.4, -0.2) is 343 Å². The normalized spacial score (nSPS) is 34.7. The van der Waals surface area contributed by atoms with Crippen molar-refractivity contribution in [2.24, 2.45) is 0 Å². The predicted molar refractivity (Wildman–Crippen MR) is 374 cm³/mol. The van der Waals surface area contributed by atoms with Crippen molar-refractivity contribution >= 4 is 17.8 Å². The number of carboxylic acids is 1. The highest BCUT2D eigenvalue weighted by Crippen LogP contribution is 2.42. The number of carbonyl (C=O) groups is 3.